The maximum atomic E-state index is 13.8. The van der Waals surface area contributed by atoms with Gasteiger partial charge in [0.1, 0.15) is 16.1 Å². The van der Waals surface area contributed by atoms with E-state index in [0.29, 0.717) is 12.3 Å². The van der Waals surface area contributed by atoms with E-state index in [1.165, 1.54) is 42.9 Å². The van der Waals surface area contributed by atoms with Crippen molar-refractivity contribution in [2.75, 3.05) is 5.75 Å². The molecule has 0 saturated heterocycles. The fourth-order valence-corrected chi connectivity index (χ4v) is 4.80. The van der Waals surface area contributed by atoms with E-state index in [4.69, 9.17) is 0 Å². The van der Waals surface area contributed by atoms with Crippen molar-refractivity contribution in [1.82, 2.24) is 19.5 Å². The van der Waals surface area contributed by atoms with Crippen LogP contribution in [0.3, 0.4) is 0 Å². The third kappa shape index (κ3) is 3.45. The molecule has 34 heavy (non-hydrogen) atoms. The van der Waals surface area contributed by atoms with E-state index in [2.05, 4.69) is 15.0 Å². The number of nitriles is 1. The molecule has 13 heteroatoms. The smallest absolute Gasteiger partial charge is 0.310 e. The first-order valence-electron chi connectivity index (χ1n) is 9.66. The fraction of sp³-hybridized carbons (Fsp3) is 0.238. The molecular weight excluding hydrogens is 481 g/mol. The molecule has 0 fully saturated rings. The number of halogens is 5. The quantitative estimate of drug-likeness (QED) is 0.387. The number of fused-ring (bicyclic) bond motifs is 2. The lowest BCUT2D eigenvalue weighted by Crippen LogP contribution is -2.33. The van der Waals surface area contributed by atoms with Crippen LogP contribution in [0.1, 0.15) is 18.1 Å². The number of hydrogen-bond acceptors (Lipinski definition) is 6. The zero-order valence-electron chi connectivity index (χ0n) is 17.5. The average Bonchev–Trinajstić information content (AvgIpc) is 3.12. The molecule has 0 aliphatic heterocycles. The van der Waals surface area contributed by atoms with Gasteiger partial charge in [0.2, 0.25) is 0 Å². The van der Waals surface area contributed by atoms with Crippen molar-refractivity contribution in [2.45, 2.75) is 23.9 Å². The van der Waals surface area contributed by atoms with E-state index >= 15 is 0 Å². The molecule has 4 rings (SSSR count). The van der Waals surface area contributed by atoms with Gasteiger partial charge in [0.05, 0.1) is 22.9 Å². The summed E-state index contributed by atoms with van der Waals surface area (Å²) in [5, 5.41) is 9.85. The highest BCUT2D eigenvalue weighted by atomic mass is 32.2. The van der Waals surface area contributed by atoms with Gasteiger partial charge in [-0.05, 0) is 12.1 Å². The molecule has 0 amide bonds. The Kier molecular flexibility index (Phi) is 5.32. The highest BCUT2D eigenvalue weighted by Gasteiger charge is 2.59. The summed E-state index contributed by atoms with van der Waals surface area (Å²) in [5.74, 6) is -5.58. The molecule has 0 saturated carbocycles. The molecule has 0 aliphatic rings. The summed E-state index contributed by atoms with van der Waals surface area (Å²) in [4.78, 5) is 11.8. The van der Waals surface area contributed by atoms with Crippen LogP contribution in [0.2, 0.25) is 0 Å². The predicted molar refractivity (Wildman–Crippen MR) is 112 cm³/mol. The Bertz CT molecular complexity index is 1600. The Morgan fingerprint density at radius 2 is 1.79 bits per heavy atom. The minimum atomic E-state index is -5.83. The van der Waals surface area contributed by atoms with E-state index in [-0.39, 0.29) is 49.7 Å². The molecule has 1 aromatic carbocycles. The van der Waals surface area contributed by atoms with Crippen molar-refractivity contribution in [2.24, 2.45) is 7.05 Å². The first-order valence-corrected chi connectivity index (χ1v) is 11.3. The SMILES string of the molecule is CCS(=O)(=O)c1c(-c2nc3cc(C(F)(F)C(F)(F)F)cnc3n2C)ncc2c(C#N)cccc12. The minimum absolute atomic E-state index is 0.0516. The zero-order valence-corrected chi connectivity index (χ0v) is 18.3. The van der Waals surface area contributed by atoms with Crippen LogP contribution in [0.4, 0.5) is 22.0 Å². The fourth-order valence-electron chi connectivity index (χ4n) is 3.56. The van der Waals surface area contributed by atoms with Gasteiger partial charge in [-0.15, -0.1) is 0 Å². The Hall–Kier alpha value is -3.66. The molecule has 0 aliphatic carbocycles. The molecule has 0 atom stereocenters. The van der Waals surface area contributed by atoms with Crippen LogP contribution in [0, 0.1) is 11.3 Å². The molecule has 4 aromatic rings. The summed E-state index contributed by atoms with van der Waals surface area (Å²) >= 11 is 0. The number of benzene rings is 1. The first kappa shape index (κ1) is 23.5. The van der Waals surface area contributed by atoms with Crippen LogP contribution in [-0.4, -0.2) is 39.9 Å². The number of hydrogen-bond donors (Lipinski definition) is 0. The molecule has 3 aromatic heterocycles. The third-order valence-corrected chi connectivity index (χ3v) is 7.13. The predicted octanol–water partition coefficient (Wildman–Crippen LogP) is 4.50. The summed E-state index contributed by atoms with van der Waals surface area (Å²) in [6.07, 6.45) is -4.15. The molecule has 0 spiro atoms. The summed E-state index contributed by atoms with van der Waals surface area (Å²) in [6, 6.07) is 7.01. The highest BCUT2D eigenvalue weighted by Crippen LogP contribution is 2.44. The molecule has 0 bridgehead atoms. The lowest BCUT2D eigenvalue weighted by atomic mass is 10.1. The summed E-state index contributed by atoms with van der Waals surface area (Å²) in [5.41, 5.74) is -1.71. The molecular formula is C21H14F5N5O2S. The number of aromatic nitrogens is 4. The van der Waals surface area contributed by atoms with Gasteiger partial charge in [-0.25, -0.2) is 18.4 Å². The van der Waals surface area contributed by atoms with Crippen LogP contribution in [0.5, 0.6) is 0 Å². The van der Waals surface area contributed by atoms with Crippen LogP contribution in [0.25, 0.3) is 33.5 Å². The van der Waals surface area contributed by atoms with Crippen LogP contribution in [0.15, 0.2) is 41.6 Å². The number of rotatable bonds is 4. The summed E-state index contributed by atoms with van der Waals surface area (Å²) in [6.45, 7) is 1.41. The van der Waals surface area contributed by atoms with Gasteiger partial charge in [0.15, 0.2) is 21.3 Å². The Morgan fingerprint density at radius 1 is 1.09 bits per heavy atom. The van der Waals surface area contributed by atoms with E-state index in [1.807, 2.05) is 6.07 Å². The summed E-state index contributed by atoms with van der Waals surface area (Å²) < 4.78 is 93.3. The van der Waals surface area contributed by atoms with Crippen LogP contribution < -0.4 is 0 Å². The van der Waals surface area contributed by atoms with Crippen LogP contribution >= 0.6 is 0 Å². The van der Waals surface area contributed by atoms with E-state index < -0.39 is 27.5 Å². The van der Waals surface area contributed by atoms with Gasteiger partial charge in [-0.2, -0.15) is 27.2 Å². The van der Waals surface area contributed by atoms with Crippen molar-refractivity contribution in [3.05, 3.63) is 47.8 Å². The Morgan fingerprint density at radius 3 is 2.41 bits per heavy atom. The Labute approximate surface area is 189 Å². The first-order chi connectivity index (χ1) is 15.8. The van der Waals surface area contributed by atoms with Gasteiger partial charge in [0, 0.05) is 30.2 Å². The lowest BCUT2D eigenvalue weighted by molar-refractivity contribution is -0.289. The van der Waals surface area contributed by atoms with Gasteiger partial charge in [-0.3, -0.25) is 4.98 Å². The molecule has 0 unspecified atom stereocenters. The number of nitrogens with zero attached hydrogens (tertiary/aromatic N) is 5. The molecule has 176 valence electrons. The highest BCUT2D eigenvalue weighted by molar-refractivity contribution is 7.91. The number of alkyl halides is 5. The number of imidazole rings is 1. The van der Waals surface area contributed by atoms with Gasteiger partial charge in [0.25, 0.3) is 0 Å². The largest absolute Gasteiger partial charge is 0.458 e. The second-order valence-electron chi connectivity index (χ2n) is 7.35. The topological polar surface area (TPSA) is 102 Å². The average molecular weight is 495 g/mol. The van der Waals surface area contributed by atoms with Crippen molar-refractivity contribution in [3.8, 4) is 17.6 Å². The van der Waals surface area contributed by atoms with Crippen molar-refractivity contribution >= 4 is 31.8 Å². The maximum Gasteiger partial charge on any atom is 0.458 e. The maximum absolute atomic E-state index is 13.8. The molecule has 0 radical (unpaired) electrons. The zero-order chi connectivity index (χ0) is 25.1. The Balaban J connectivity index is 2.04. The standard InChI is InChI=1S/C21H14F5N5O2S/c1-3-34(32,33)17-13-6-4-5-11(8-27)14(13)10-28-16(17)19-30-15-7-12(9-29-18(15)31(19)2)20(22,23)21(24,25)26/h4-7,9-10H,3H2,1-2H3. The normalized spacial score (nSPS) is 12.9. The second-order valence-corrected chi connectivity index (χ2v) is 9.57. The lowest BCUT2D eigenvalue weighted by Gasteiger charge is -2.19. The third-order valence-electron chi connectivity index (χ3n) is 5.34. The van der Waals surface area contributed by atoms with Gasteiger partial charge < -0.3 is 4.57 Å². The monoisotopic (exact) mass is 495 g/mol. The van der Waals surface area contributed by atoms with Crippen molar-refractivity contribution < 1.29 is 30.4 Å². The van der Waals surface area contributed by atoms with Crippen molar-refractivity contribution in [3.63, 3.8) is 0 Å². The number of sulfone groups is 1. The number of pyridine rings is 2. The molecule has 7 nitrogen and oxygen atoms in total. The second kappa shape index (κ2) is 7.69. The van der Waals surface area contributed by atoms with E-state index in [1.54, 1.807) is 0 Å². The van der Waals surface area contributed by atoms with Gasteiger partial charge >= 0.3 is 12.1 Å². The van der Waals surface area contributed by atoms with E-state index in [9.17, 15) is 35.6 Å². The minimum Gasteiger partial charge on any atom is -0.310 e. The molecule has 3 heterocycles. The number of aryl methyl sites for hydroxylation is 1. The van der Waals surface area contributed by atoms with E-state index in [0.717, 1.165) is 0 Å². The summed E-state index contributed by atoms with van der Waals surface area (Å²) in [7, 11) is -2.55. The van der Waals surface area contributed by atoms with Gasteiger partial charge in [-0.1, -0.05) is 19.1 Å². The molecule has 0 N–H and O–H groups in total. The van der Waals surface area contributed by atoms with Crippen LogP contribution in [-0.2, 0) is 22.8 Å². The van der Waals surface area contributed by atoms with Crippen molar-refractivity contribution in [1.29, 1.82) is 5.26 Å².